The normalized spacial score (nSPS) is 41.8. The molecule has 2 unspecified atom stereocenters. The Kier molecular flexibility index (Phi) is 1.92. The van der Waals surface area contributed by atoms with Crippen molar-refractivity contribution >= 4 is 17.7 Å². The third-order valence-electron chi connectivity index (χ3n) is 3.95. The first kappa shape index (κ1) is 9.38. The lowest BCUT2D eigenvalue weighted by molar-refractivity contribution is -0.140. The van der Waals surface area contributed by atoms with Crippen molar-refractivity contribution in [2.75, 3.05) is 11.5 Å². The van der Waals surface area contributed by atoms with E-state index in [0.29, 0.717) is 0 Å². The first-order valence-electron chi connectivity index (χ1n) is 4.80. The van der Waals surface area contributed by atoms with Gasteiger partial charge in [0.15, 0.2) is 0 Å². The van der Waals surface area contributed by atoms with Gasteiger partial charge in [-0.25, -0.2) is 0 Å². The van der Waals surface area contributed by atoms with Crippen molar-refractivity contribution in [2.45, 2.75) is 26.7 Å². The molecular formula is C10H16O2S. The van der Waals surface area contributed by atoms with E-state index in [1.54, 1.807) is 0 Å². The van der Waals surface area contributed by atoms with Gasteiger partial charge in [-0.3, -0.25) is 4.79 Å². The summed E-state index contributed by atoms with van der Waals surface area (Å²) in [6, 6.07) is 0. The number of carbonyl (C=O) groups is 1. The van der Waals surface area contributed by atoms with Crippen LogP contribution in [0.3, 0.4) is 0 Å². The average molecular weight is 200 g/mol. The minimum absolute atomic E-state index is 0.0599. The zero-order chi connectivity index (χ0) is 9.69. The standard InChI is InChI=1S/C10H16O2S/c1-9(2)3-4-13-6-10(9)5-7(10)8(11)12/h7H,3-6H2,1-2H3,(H,11,12). The van der Waals surface area contributed by atoms with Crippen molar-refractivity contribution in [2.24, 2.45) is 16.7 Å². The van der Waals surface area contributed by atoms with Gasteiger partial charge in [0.1, 0.15) is 0 Å². The largest absolute Gasteiger partial charge is 0.481 e. The van der Waals surface area contributed by atoms with Gasteiger partial charge in [0.2, 0.25) is 0 Å². The van der Waals surface area contributed by atoms with Crippen LogP contribution >= 0.6 is 11.8 Å². The van der Waals surface area contributed by atoms with Gasteiger partial charge in [-0.2, -0.15) is 11.8 Å². The predicted molar refractivity (Wildman–Crippen MR) is 53.9 cm³/mol. The highest BCUT2D eigenvalue weighted by Crippen LogP contribution is 2.67. The second kappa shape index (κ2) is 2.66. The lowest BCUT2D eigenvalue weighted by atomic mass is 9.73. The Labute approximate surface area is 83.1 Å². The second-order valence-electron chi connectivity index (χ2n) is 4.94. The van der Waals surface area contributed by atoms with E-state index in [0.717, 1.165) is 12.2 Å². The molecule has 0 aromatic heterocycles. The molecule has 1 saturated heterocycles. The Hall–Kier alpha value is -0.180. The Bertz CT molecular complexity index is 249. The van der Waals surface area contributed by atoms with Crippen molar-refractivity contribution in [3.8, 4) is 0 Å². The fourth-order valence-corrected chi connectivity index (χ4v) is 4.44. The molecule has 2 fully saturated rings. The summed E-state index contributed by atoms with van der Waals surface area (Å²) in [6.45, 7) is 4.46. The van der Waals surface area contributed by atoms with E-state index in [-0.39, 0.29) is 16.7 Å². The molecule has 2 rings (SSSR count). The SMILES string of the molecule is CC1(C)CCSCC12CC2C(=O)O. The molecule has 0 aromatic rings. The molecule has 1 saturated carbocycles. The Morgan fingerprint density at radius 3 is 2.69 bits per heavy atom. The zero-order valence-corrected chi connectivity index (χ0v) is 8.99. The third kappa shape index (κ3) is 1.20. The molecule has 3 heteroatoms. The highest BCUT2D eigenvalue weighted by atomic mass is 32.2. The quantitative estimate of drug-likeness (QED) is 0.705. The van der Waals surface area contributed by atoms with Crippen molar-refractivity contribution in [3.05, 3.63) is 0 Å². The van der Waals surface area contributed by atoms with Crippen LogP contribution in [0, 0.1) is 16.7 Å². The number of hydrogen-bond acceptors (Lipinski definition) is 2. The van der Waals surface area contributed by atoms with E-state index in [2.05, 4.69) is 13.8 Å². The van der Waals surface area contributed by atoms with Gasteiger partial charge in [-0.05, 0) is 29.4 Å². The van der Waals surface area contributed by atoms with Crippen molar-refractivity contribution in [1.29, 1.82) is 0 Å². The molecule has 2 aliphatic rings. The highest BCUT2D eigenvalue weighted by Gasteiger charge is 2.66. The molecule has 2 nitrogen and oxygen atoms in total. The van der Waals surface area contributed by atoms with Gasteiger partial charge in [0.25, 0.3) is 0 Å². The predicted octanol–water partition coefficient (Wildman–Crippen LogP) is 2.24. The number of carboxylic acids is 1. The number of rotatable bonds is 1. The van der Waals surface area contributed by atoms with Crippen molar-refractivity contribution < 1.29 is 9.90 Å². The van der Waals surface area contributed by atoms with Crippen LogP contribution in [0.4, 0.5) is 0 Å². The van der Waals surface area contributed by atoms with E-state index in [1.165, 1.54) is 12.2 Å². The summed E-state index contributed by atoms with van der Waals surface area (Å²) in [5.41, 5.74) is 0.364. The molecule has 0 amide bonds. The van der Waals surface area contributed by atoms with Crippen LogP contribution in [0.5, 0.6) is 0 Å². The van der Waals surface area contributed by atoms with Gasteiger partial charge in [0, 0.05) is 5.75 Å². The fourth-order valence-electron chi connectivity index (χ4n) is 2.56. The zero-order valence-electron chi connectivity index (χ0n) is 8.17. The van der Waals surface area contributed by atoms with Crippen molar-refractivity contribution in [1.82, 2.24) is 0 Å². The van der Waals surface area contributed by atoms with Gasteiger partial charge < -0.3 is 5.11 Å². The first-order valence-corrected chi connectivity index (χ1v) is 5.96. The number of aliphatic carboxylic acids is 1. The van der Waals surface area contributed by atoms with E-state index < -0.39 is 5.97 Å². The summed E-state index contributed by atoms with van der Waals surface area (Å²) in [5, 5.41) is 8.99. The molecule has 1 aliphatic heterocycles. The molecule has 2 atom stereocenters. The first-order chi connectivity index (χ1) is 6.00. The number of hydrogen-bond donors (Lipinski definition) is 1. The summed E-state index contributed by atoms with van der Waals surface area (Å²) >= 11 is 1.92. The monoisotopic (exact) mass is 200 g/mol. The molecule has 13 heavy (non-hydrogen) atoms. The molecule has 0 radical (unpaired) electrons. The van der Waals surface area contributed by atoms with Crippen LogP contribution in [0.15, 0.2) is 0 Å². The third-order valence-corrected chi connectivity index (χ3v) is 5.16. The van der Waals surface area contributed by atoms with Crippen LogP contribution < -0.4 is 0 Å². The van der Waals surface area contributed by atoms with Crippen LogP contribution in [-0.2, 0) is 4.79 Å². The molecule has 1 heterocycles. The lowest BCUT2D eigenvalue weighted by Crippen LogP contribution is -2.35. The summed E-state index contributed by atoms with van der Waals surface area (Å²) < 4.78 is 0. The van der Waals surface area contributed by atoms with Gasteiger partial charge in [-0.1, -0.05) is 13.8 Å². The summed E-state index contributed by atoms with van der Waals surface area (Å²) in [7, 11) is 0. The van der Waals surface area contributed by atoms with E-state index >= 15 is 0 Å². The van der Waals surface area contributed by atoms with Crippen LogP contribution in [0.1, 0.15) is 26.7 Å². The second-order valence-corrected chi connectivity index (χ2v) is 6.04. The Balaban J connectivity index is 2.19. The molecule has 0 bridgehead atoms. The van der Waals surface area contributed by atoms with Gasteiger partial charge >= 0.3 is 5.97 Å². The number of thioether (sulfide) groups is 1. The topological polar surface area (TPSA) is 37.3 Å². The maximum absolute atomic E-state index is 10.9. The molecule has 74 valence electrons. The minimum Gasteiger partial charge on any atom is -0.481 e. The average Bonchev–Trinajstić information content (AvgIpc) is 2.73. The highest BCUT2D eigenvalue weighted by molar-refractivity contribution is 7.99. The minimum atomic E-state index is -0.587. The number of carboxylic acid groups (broad SMARTS) is 1. The Morgan fingerprint density at radius 2 is 2.23 bits per heavy atom. The van der Waals surface area contributed by atoms with Crippen LogP contribution in [-0.4, -0.2) is 22.6 Å². The van der Waals surface area contributed by atoms with Crippen LogP contribution in [0.2, 0.25) is 0 Å². The molecule has 1 N–H and O–H groups in total. The van der Waals surface area contributed by atoms with Gasteiger partial charge in [0.05, 0.1) is 5.92 Å². The molecule has 1 spiro atoms. The molecule has 1 aliphatic carbocycles. The van der Waals surface area contributed by atoms with E-state index in [4.69, 9.17) is 5.11 Å². The molecular weight excluding hydrogens is 184 g/mol. The fraction of sp³-hybridized carbons (Fsp3) is 0.900. The maximum atomic E-state index is 10.9. The van der Waals surface area contributed by atoms with Gasteiger partial charge in [-0.15, -0.1) is 0 Å². The molecule has 0 aromatic carbocycles. The lowest BCUT2D eigenvalue weighted by Gasteiger charge is -2.39. The van der Waals surface area contributed by atoms with Crippen LogP contribution in [0.25, 0.3) is 0 Å². The summed E-state index contributed by atoms with van der Waals surface area (Å²) in [4.78, 5) is 10.9. The summed E-state index contributed by atoms with van der Waals surface area (Å²) in [5.74, 6) is 1.60. The van der Waals surface area contributed by atoms with E-state index in [1.807, 2.05) is 11.8 Å². The Morgan fingerprint density at radius 1 is 1.54 bits per heavy atom. The maximum Gasteiger partial charge on any atom is 0.307 e. The van der Waals surface area contributed by atoms with E-state index in [9.17, 15) is 4.79 Å². The summed E-state index contributed by atoms with van der Waals surface area (Å²) in [6.07, 6.45) is 2.07. The smallest absolute Gasteiger partial charge is 0.307 e. The van der Waals surface area contributed by atoms with Crippen molar-refractivity contribution in [3.63, 3.8) is 0 Å².